The van der Waals surface area contributed by atoms with Crippen LogP contribution in [0, 0.1) is 17.8 Å². The summed E-state index contributed by atoms with van der Waals surface area (Å²) in [5.74, 6) is 2.66. The van der Waals surface area contributed by atoms with Gasteiger partial charge in [-0.3, -0.25) is 4.79 Å². The number of urea groups is 1. The summed E-state index contributed by atoms with van der Waals surface area (Å²) < 4.78 is 0. The normalized spacial score (nSPS) is 33.1. The zero-order valence-corrected chi connectivity index (χ0v) is 16.6. The third-order valence-corrected chi connectivity index (χ3v) is 7.44. The van der Waals surface area contributed by atoms with E-state index in [9.17, 15) is 9.59 Å². The molecule has 6 rings (SSSR count). The number of carbonyl (C=O) groups excluding carboxylic acids is 2. The van der Waals surface area contributed by atoms with Crippen LogP contribution in [0.3, 0.4) is 0 Å². The molecule has 2 N–H and O–H groups in total. The second-order valence-electron chi connectivity index (χ2n) is 9.74. The van der Waals surface area contributed by atoms with Gasteiger partial charge in [0.15, 0.2) is 0 Å². The zero-order valence-electron chi connectivity index (χ0n) is 16.6. The van der Waals surface area contributed by atoms with Gasteiger partial charge in [0.05, 0.1) is 6.42 Å². The van der Waals surface area contributed by atoms with Crippen molar-refractivity contribution in [1.82, 2.24) is 10.2 Å². The molecule has 4 aliphatic carbocycles. The molecule has 1 heterocycles. The second-order valence-corrected chi connectivity index (χ2v) is 9.74. The lowest BCUT2D eigenvalue weighted by Gasteiger charge is -2.56. The predicted octanol–water partition coefficient (Wildman–Crippen LogP) is 3.94. The predicted molar refractivity (Wildman–Crippen MR) is 109 cm³/mol. The van der Waals surface area contributed by atoms with Gasteiger partial charge in [-0.15, -0.1) is 0 Å². The van der Waals surface area contributed by atoms with Crippen molar-refractivity contribution in [1.29, 1.82) is 0 Å². The third-order valence-electron chi connectivity index (χ3n) is 7.44. The highest BCUT2D eigenvalue weighted by atomic mass is 16.2. The number of hydrogen-bond acceptors (Lipinski definition) is 2. The van der Waals surface area contributed by atoms with E-state index in [1.54, 1.807) is 0 Å². The molecule has 1 saturated heterocycles. The van der Waals surface area contributed by atoms with Gasteiger partial charge >= 0.3 is 6.03 Å². The number of anilines is 1. The summed E-state index contributed by atoms with van der Waals surface area (Å²) in [5, 5.41) is 6.35. The third kappa shape index (κ3) is 3.63. The maximum atomic E-state index is 12.7. The zero-order chi connectivity index (χ0) is 19.1. The molecule has 0 unspecified atom stereocenters. The van der Waals surface area contributed by atoms with Gasteiger partial charge in [0.2, 0.25) is 5.91 Å². The van der Waals surface area contributed by atoms with Crippen LogP contribution < -0.4 is 10.6 Å². The summed E-state index contributed by atoms with van der Waals surface area (Å²) in [7, 11) is 0. The summed E-state index contributed by atoms with van der Waals surface area (Å²) in [6.07, 6.45) is 10.3. The molecule has 1 aromatic carbocycles. The van der Waals surface area contributed by atoms with Crippen molar-refractivity contribution in [2.24, 2.45) is 17.8 Å². The first kappa shape index (κ1) is 18.0. The summed E-state index contributed by atoms with van der Waals surface area (Å²) in [4.78, 5) is 26.9. The van der Waals surface area contributed by atoms with Gasteiger partial charge in [-0.25, -0.2) is 4.79 Å². The summed E-state index contributed by atoms with van der Waals surface area (Å²) in [6.45, 7) is 1.78. The van der Waals surface area contributed by atoms with Crippen LogP contribution in [0.25, 0.3) is 0 Å². The minimum absolute atomic E-state index is 0.0287. The molecule has 4 saturated carbocycles. The number of nitrogens with one attached hydrogen (secondary N) is 2. The first-order chi connectivity index (χ1) is 13.6. The Hall–Kier alpha value is -2.04. The van der Waals surface area contributed by atoms with E-state index in [1.165, 1.54) is 19.3 Å². The van der Waals surface area contributed by atoms with Crippen LogP contribution in [0.2, 0.25) is 0 Å². The Morgan fingerprint density at radius 1 is 0.929 bits per heavy atom. The largest absolute Gasteiger partial charge is 0.342 e. The summed E-state index contributed by atoms with van der Waals surface area (Å²) in [5.41, 5.74) is 1.82. The van der Waals surface area contributed by atoms with Crippen molar-refractivity contribution in [2.45, 2.75) is 63.3 Å². The average Bonchev–Trinajstić information content (AvgIpc) is 3.16. The Labute approximate surface area is 167 Å². The SMILES string of the molecule is O=C(Nc1ccc(CC(=O)N2CCCC2)cc1)NC12CC3CC(CC(C3)C1)C2. The van der Waals surface area contributed by atoms with Gasteiger partial charge in [0, 0.05) is 24.3 Å². The average molecular weight is 382 g/mol. The quantitative estimate of drug-likeness (QED) is 0.830. The molecule has 4 bridgehead atoms. The van der Waals surface area contributed by atoms with Crippen LogP contribution >= 0.6 is 0 Å². The number of likely N-dealkylation sites (tertiary alicyclic amines) is 1. The second kappa shape index (κ2) is 7.09. The molecular formula is C23H31N3O2. The van der Waals surface area contributed by atoms with Crippen LogP contribution in [0.1, 0.15) is 56.9 Å². The first-order valence-corrected chi connectivity index (χ1v) is 11.0. The van der Waals surface area contributed by atoms with Crippen molar-refractivity contribution in [3.8, 4) is 0 Å². The van der Waals surface area contributed by atoms with Crippen molar-refractivity contribution in [3.63, 3.8) is 0 Å². The Kier molecular flexibility index (Phi) is 4.56. The fourth-order valence-electron chi connectivity index (χ4n) is 6.63. The molecule has 28 heavy (non-hydrogen) atoms. The Bertz CT molecular complexity index is 716. The maximum absolute atomic E-state index is 12.7. The van der Waals surface area contributed by atoms with E-state index in [0.717, 1.165) is 74.2 Å². The highest BCUT2D eigenvalue weighted by Crippen LogP contribution is 2.55. The molecule has 0 spiro atoms. The summed E-state index contributed by atoms with van der Waals surface area (Å²) >= 11 is 0. The number of carbonyl (C=O) groups is 2. The van der Waals surface area contributed by atoms with E-state index in [-0.39, 0.29) is 17.5 Å². The Morgan fingerprint density at radius 3 is 2.07 bits per heavy atom. The van der Waals surface area contributed by atoms with E-state index in [4.69, 9.17) is 0 Å². The molecule has 150 valence electrons. The van der Waals surface area contributed by atoms with E-state index in [1.807, 2.05) is 29.2 Å². The minimum atomic E-state index is -0.0807. The van der Waals surface area contributed by atoms with Crippen molar-refractivity contribution in [2.75, 3.05) is 18.4 Å². The van der Waals surface area contributed by atoms with Gasteiger partial charge in [-0.2, -0.15) is 0 Å². The highest BCUT2D eigenvalue weighted by molar-refractivity contribution is 5.90. The molecule has 5 nitrogen and oxygen atoms in total. The number of amides is 3. The fourth-order valence-corrected chi connectivity index (χ4v) is 6.63. The van der Waals surface area contributed by atoms with E-state index >= 15 is 0 Å². The topological polar surface area (TPSA) is 61.4 Å². The monoisotopic (exact) mass is 381 g/mol. The molecular weight excluding hydrogens is 350 g/mol. The van der Waals surface area contributed by atoms with Crippen LogP contribution in [0.15, 0.2) is 24.3 Å². The van der Waals surface area contributed by atoms with Crippen molar-refractivity contribution >= 4 is 17.6 Å². The van der Waals surface area contributed by atoms with Crippen LogP contribution in [-0.4, -0.2) is 35.5 Å². The maximum Gasteiger partial charge on any atom is 0.319 e. The fraction of sp³-hybridized carbons (Fsp3) is 0.652. The lowest BCUT2D eigenvalue weighted by atomic mass is 9.53. The highest BCUT2D eigenvalue weighted by Gasteiger charge is 2.51. The summed E-state index contributed by atoms with van der Waals surface area (Å²) in [6, 6.07) is 7.64. The number of hydrogen-bond donors (Lipinski definition) is 2. The number of benzene rings is 1. The smallest absolute Gasteiger partial charge is 0.319 e. The molecule has 1 aliphatic heterocycles. The standard InChI is InChI=1S/C23H31N3O2/c27-21(26-7-1-2-8-26)12-16-3-5-20(6-4-16)24-22(28)25-23-13-17-9-18(14-23)11-19(10-17)15-23/h3-6,17-19H,1-2,7-15H2,(H2,24,25,28). The van der Waals surface area contributed by atoms with Gasteiger partial charge in [0.1, 0.15) is 0 Å². The van der Waals surface area contributed by atoms with Gasteiger partial charge in [-0.1, -0.05) is 12.1 Å². The van der Waals surface area contributed by atoms with Gasteiger partial charge in [0.25, 0.3) is 0 Å². The molecule has 0 aromatic heterocycles. The molecule has 5 aliphatic rings. The van der Waals surface area contributed by atoms with Gasteiger partial charge in [-0.05, 0) is 86.8 Å². The van der Waals surface area contributed by atoms with E-state index in [2.05, 4.69) is 10.6 Å². The van der Waals surface area contributed by atoms with Gasteiger partial charge < -0.3 is 15.5 Å². The molecule has 5 fully saturated rings. The van der Waals surface area contributed by atoms with E-state index in [0.29, 0.717) is 6.42 Å². The van der Waals surface area contributed by atoms with Crippen LogP contribution in [0.4, 0.5) is 10.5 Å². The Morgan fingerprint density at radius 2 is 1.50 bits per heavy atom. The van der Waals surface area contributed by atoms with Crippen molar-refractivity contribution < 1.29 is 9.59 Å². The molecule has 0 atom stereocenters. The lowest BCUT2D eigenvalue weighted by molar-refractivity contribution is -0.129. The van der Waals surface area contributed by atoms with Crippen molar-refractivity contribution in [3.05, 3.63) is 29.8 Å². The first-order valence-electron chi connectivity index (χ1n) is 11.0. The number of rotatable bonds is 4. The lowest BCUT2D eigenvalue weighted by Crippen LogP contribution is -2.60. The minimum Gasteiger partial charge on any atom is -0.342 e. The Balaban J connectivity index is 1.16. The molecule has 5 heteroatoms. The van der Waals surface area contributed by atoms with Crippen LogP contribution in [0.5, 0.6) is 0 Å². The molecule has 0 radical (unpaired) electrons. The van der Waals surface area contributed by atoms with Crippen LogP contribution in [-0.2, 0) is 11.2 Å². The molecule has 1 aromatic rings. The molecule has 3 amide bonds. The number of nitrogens with zero attached hydrogens (tertiary/aromatic N) is 1. The van der Waals surface area contributed by atoms with E-state index < -0.39 is 0 Å².